The molecule has 15 aliphatic rings. The molecule has 0 saturated carbocycles. The third-order valence-electron chi connectivity index (χ3n) is 22.5. The van der Waals surface area contributed by atoms with Crippen LogP contribution in [-0.2, 0) is 75.8 Å². The van der Waals surface area contributed by atoms with Crippen molar-refractivity contribution in [1.29, 1.82) is 0 Å². The molecule has 82 heavy (non-hydrogen) atoms. The zero-order valence-corrected chi connectivity index (χ0v) is 47.9. The fraction of sp³-hybridized carbons (Fsp3) is 0.918. The first kappa shape index (κ1) is 56.7. The van der Waals surface area contributed by atoms with Gasteiger partial charge in [-0.1, -0.05) is 40.9 Å². The lowest BCUT2D eigenvalue weighted by atomic mass is 9.78. The lowest BCUT2D eigenvalue weighted by Crippen LogP contribution is -2.65. The van der Waals surface area contributed by atoms with Crippen LogP contribution in [0.1, 0.15) is 143 Å². The summed E-state index contributed by atoms with van der Waals surface area (Å²) in [7, 11) is 0. The molecular weight excluding hydrogens is 1070 g/mol. The lowest BCUT2D eigenvalue weighted by molar-refractivity contribution is -0.369. The van der Waals surface area contributed by atoms with E-state index in [0.717, 1.165) is 17.6 Å². The molecule has 15 heterocycles. The zero-order chi connectivity index (χ0) is 56.5. The average Bonchev–Trinajstić information content (AvgIpc) is 4.30. The fourth-order valence-electron chi connectivity index (χ4n) is 18.4. The normalized spacial score (nSPS) is 58.3. The van der Waals surface area contributed by atoms with Gasteiger partial charge in [-0.25, -0.2) is 0 Å². The van der Waals surface area contributed by atoms with Gasteiger partial charge in [0.05, 0.1) is 129 Å². The van der Waals surface area contributed by atoms with Gasteiger partial charge in [0.25, 0.3) is 0 Å². The Bertz CT molecular complexity index is 2450. The Kier molecular flexibility index (Phi) is 14.4. The minimum atomic E-state index is -2.20. The van der Waals surface area contributed by atoms with Crippen LogP contribution in [0.15, 0.2) is 24.3 Å². The highest BCUT2D eigenvalue weighted by atomic mass is 16.8. The summed E-state index contributed by atoms with van der Waals surface area (Å²) in [6, 6.07) is 0. The van der Waals surface area contributed by atoms with Crippen LogP contribution in [0.25, 0.3) is 0 Å². The number of hydrogen-bond donors (Lipinski definition) is 5. The molecule has 0 aliphatic carbocycles. The van der Waals surface area contributed by atoms with Crippen molar-refractivity contribution in [1.82, 2.24) is 0 Å². The van der Waals surface area contributed by atoms with Crippen molar-refractivity contribution >= 4 is 5.97 Å². The Morgan fingerprint density at radius 3 is 2.01 bits per heavy atom. The Morgan fingerprint density at radius 1 is 0.512 bits per heavy atom. The quantitative estimate of drug-likeness (QED) is 0.196. The van der Waals surface area contributed by atoms with E-state index < -0.39 is 102 Å². The van der Waals surface area contributed by atoms with Gasteiger partial charge in [-0.2, -0.15) is 0 Å². The number of fused-ring (bicyclic) bond motifs is 13. The number of esters is 1. The number of aliphatic hydroxyl groups is 5. The number of carbonyl (C=O) groups is 1. The molecule has 10 bridgehead atoms. The van der Waals surface area contributed by atoms with E-state index in [1.165, 1.54) is 0 Å². The molecule has 0 aromatic heterocycles. The molecule has 15 rings (SSSR count). The van der Waals surface area contributed by atoms with Gasteiger partial charge in [0.1, 0.15) is 30.5 Å². The maximum Gasteiger partial charge on any atom is 0.308 e. The first-order valence-corrected chi connectivity index (χ1v) is 31.5. The summed E-state index contributed by atoms with van der Waals surface area (Å²) in [5.41, 5.74) is 1.94. The molecule has 458 valence electrons. The van der Waals surface area contributed by atoms with Gasteiger partial charge in [-0.3, -0.25) is 4.79 Å². The standard InChI is InChI=1S/C61H88O21/c1-26-13-32-7-9-36-27(2)14-34(68-36)11-12-60(66)57(65)61(67)24-47-55(81-61)56(82-60)54-37(71-47)10-8-33(70-54)15-49(64)76-53-31(6)52-44(73-43(53)16-38(69-32)30(26)5)19-42-46(75-52)22-59(77-42)23-48-51(80-59)29(4)21-58(79-48)20-28(3)50-45(78-58)18-40-41(74-50)17-39(72-40)35(63)25-62/h26,28-29,31-48,50-57,62-63,65-67H,2,5,7-25H2,1,3-4,6H3/t26-,28+,29+,31+,32+,33-,34+,35+,36+,37+,38-,39+,40-,41-,42-,43+,44+,45+,46-,47+,48+,50+,51+,52+,53-,54+,55-,56+,57+,58-,59+,60+,61+/m1/s1. The van der Waals surface area contributed by atoms with Crippen LogP contribution >= 0.6 is 0 Å². The first-order chi connectivity index (χ1) is 39.2. The monoisotopic (exact) mass is 1160 g/mol. The van der Waals surface area contributed by atoms with E-state index in [1.54, 1.807) is 0 Å². The molecule has 33 atom stereocenters. The molecule has 15 aliphatic heterocycles. The second-order valence-electron chi connectivity index (χ2n) is 28.2. The predicted molar refractivity (Wildman–Crippen MR) is 281 cm³/mol. The molecule has 0 aromatic carbocycles. The highest BCUT2D eigenvalue weighted by molar-refractivity contribution is 5.70. The fourth-order valence-corrected chi connectivity index (χ4v) is 18.4. The molecule has 15 saturated heterocycles. The van der Waals surface area contributed by atoms with Crippen LogP contribution in [0, 0.1) is 23.7 Å². The molecule has 15 fully saturated rings. The van der Waals surface area contributed by atoms with Crippen LogP contribution in [0.2, 0.25) is 0 Å². The molecule has 0 amide bonds. The summed E-state index contributed by atoms with van der Waals surface area (Å²) in [4.78, 5) is 14.6. The summed E-state index contributed by atoms with van der Waals surface area (Å²) < 4.78 is 102. The second-order valence-corrected chi connectivity index (χ2v) is 28.2. The van der Waals surface area contributed by atoms with Crippen LogP contribution in [0.3, 0.4) is 0 Å². The smallest absolute Gasteiger partial charge is 0.308 e. The van der Waals surface area contributed by atoms with Gasteiger partial charge < -0.3 is 96.6 Å². The number of aliphatic hydroxyl groups excluding tert-OH is 3. The number of carbonyl (C=O) groups excluding carboxylic acids is 1. The van der Waals surface area contributed by atoms with E-state index in [2.05, 4.69) is 40.9 Å². The molecular formula is C61H88O21. The Morgan fingerprint density at radius 2 is 1.18 bits per heavy atom. The predicted octanol–water partition coefficient (Wildman–Crippen LogP) is 3.61. The molecule has 0 aromatic rings. The zero-order valence-electron chi connectivity index (χ0n) is 47.9. The maximum absolute atomic E-state index is 14.6. The summed E-state index contributed by atoms with van der Waals surface area (Å²) in [5, 5.41) is 55.8. The van der Waals surface area contributed by atoms with Gasteiger partial charge in [0, 0.05) is 70.1 Å². The van der Waals surface area contributed by atoms with E-state index in [-0.39, 0.29) is 129 Å². The first-order valence-electron chi connectivity index (χ1n) is 31.5. The van der Waals surface area contributed by atoms with E-state index in [1.807, 2.05) is 0 Å². The van der Waals surface area contributed by atoms with Gasteiger partial charge in [-0.15, -0.1) is 0 Å². The van der Waals surface area contributed by atoms with Gasteiger partial charge >= 0.3 is 5.97 Å². The van der Waals surface area contributed by atoms with Crippen molar-refractivity contribution in [3.05, 3.63) is 24.3 Å². The van der Waals surface area contributed by atoms with Crippen molar-refractivity contribution < 1.29 is 101 Å². The molecule has 0 unspecified atom stereocenters. The maximum atomic E-state index is 14.6. The molecule has 0 radical (unpaired) electrons. The van der Waals surface area contributed by atoms with Crippen molar-refractivity contribution in [2.24, 2.45) is 23.7 Å². The van der Waals surface area contributed by atoms with Crippen LogP contribution in [0.4, 0.5) is 0 Å². The molecule has 21 heteroatoms. The van der Waals surface area contributed by atoms with E-state index >= 15 is 0 Å². The third kappa shape index (κ3) is 9.70. The second kappa shape index (κ2) is 20.9. The lowest BCUT2D eigenvalue weighted by Gasteiger charge is -2.54. The largest absolute Gasteiger partial charge is 0.459 e. The number of rotatable bonds is 2. The van der Waals surface area contributed by atoms with Crippen LogP contribution in [0.5, 0.6) is 0 Å². The van der Waals surface area contributed by atoms with Gasteiger partial charge in [-0.05, 0) is 73.8 Å². The summed E-state index contributed by atoms with van der Waals surface area (Å²) in [6.45, 7) is 17.3. The van der Waals surface area contributed by atoms with Crippen molar-refractivity contribution in [2.75, 3.05) is 6.61 Å². The summed E-state index contributed by atoms with van der Waals surface area (Å²) in [5.74, 6) is -6.46. The Labute approximate surface area is 479 Å². The molecule has 21 nitrogen and oxygen atoms in total. The average molecular weight is 1160 g/mol. The van der Waals surface area contributed by atoms with Crippen molar-refractivity contribution in [3.63, 3.8) is 0 Å². The van der Waals surface area contributed by atoms with E-state index in [4.69, 9.17) is 71.1 Å². The van der Waals surface area contributed by atoms with E-state index in [9.17, 15) is 30.3 Å². The minimum Gasteiger partial charge on any atom is -0.459 e. The molecule has 5 N–H and O–H groups in total. The van der Waals surface area contributed by atoms with Crippen LogP contribution < -0.4 is 0 Å². The number of ether oxygens (including phenoxy) is 15. The van der Waals surface area contributed by atoms with Crippen LogP contribution in [-0.4, -0.2) is 214 Å². The summed E-state index contributed by atoms with van der Waals surface area (Å²) in [6.07, 6.45) is -4.06. The van der Waals surface area contributed by atoms with E-state index in [0.29, 0.717) is 89.9 Å². The topological polar surface area (TPSA) is 257 Å². The summed E-state index contributed by atoms with van der Waals surface area (Å²) >= 11 is 0. The molecule has 2 spiro atoms. The third-order valence-corrected chi connectivity index (χ3v) is 22.5. The number of hydrogen-bond acceptors (Lipinski definition) is 21. The Balaban J connectivity index is 0.658. The van der Waals surface area contributed by atoms with Gasteiger partial charge in [0.15, 0.2) is 29.3 Å². The SMILES string of the molecule is C=C1C[C@@H]2CC[C@]3(O)O[C@H]4[C@H]5O[C@H](CC[C@@H]5O[C@H]5C[C@](O)(O[C@@H]45)[C@H]3O)CC(=O)O[C@@H]3[C@@H](C)[C@@H]4O[C@@H]5C[C@]6(C[C@@H]7O[C@]8(C[C@H](C)[C@@H]9O[C@@H]%10C[C@@H]([C@@H](O)CO)O[C@@H]%10C[C@@H]9O8)C[C@H](C)[C@@H]7O6)O[C@@H]5C[C@@H]4O[C@H]3C[C@H]3O[C@@H](CC[C@@H]1O2)C[C@@H](C)C3=C. The minimum absolute atomic E-state index is 0.0408. The van der Waals surface area contributed by atoms with Crippen molar-refractivity contribution in [2.45, 2.75) is 319 Å². The Hall–Kier alpha value is -1.81. The highest BCUT2D eigenvalue weighted by Crippen LogP contribution is 2.57. The highest BCUT2D eigenvalue weighted by Gasteiger charge is 2.69. The van der Waals surface area contributed by atoms with Gasteiger partial charge in [0.2, 0.25) is 0 Å². The van der Waals surface area contributed by atoms with Crippen molar-refractivity contribution in [3.8, 4) is 0 Å².